The lowest BCUT2D eigenvalue weighted by Crippen LogP contribution is -2.44. The van der Waals surface area contributed by atoms with Crippen LogP contribution < -0.4 is 4.74 Å². The highest BCUT2D eigenvalue weighted by atomic mass is 32.2. The molecule has 0 radical (unpaired) electrons. The minimum atomic E-state index is -4.56. The first-order valence-electron chi connectivity index (χ1n) is 9.76. The van der Waals surface area contributed by atoms with E-state index in [0.717, 1.165) is 13.3 Å². The molecule has 1 aromatic rings. The third-order valence-corrected chi connectivity index (χ3v) is 5.45. The third kappa shape index (κ3) is 8.60. The normalized spacial score (nSPS) is 15.3. The average Bonchev–Trinajstić information content (AvgIpc) is 2.58. The van der Waals surface area contributed by atoms with Gasteiger partial charge in [0, 0.05) is 13.5 Å². The Morgan fingerprint density at radius 2 is 1.63 bits per heavy atom. The molecule has 156 valence electrons. The van der Waals surface area contributed by atoms with Crippen LogP contribution in [0, 0.1) is 0 Å². The Hall–Kier alpha value is -1.15. The van der Waals surface area contributed by atoms with Crippen LogP contribution in [0.2, 0.25) is 0 Å². The van der Waals surface area contributed by atoms with E-state index >= 15 is 0 Å². The fourth-order valence-corrected chi connectivity index (χ4v) is 3.32. The van der Waals surface area contributed by atoms with Gasteiger partial charge in [0.25, 0.3) is 5.12 Å². The molecule has 0 spiro atoms. The molecule has 0 aliphatic carbocycles. The number of hydrogen-bond donors (Lipinski definition) is 1. The second kappa shape index (κ2) is 11.6. The van der Waals surface area contributed by atoms with E-state index in [1.165, 1.54) is 44.1 Å². The van der Waals surface area contributed by atoms with Crippen LogP contribution >= 0.6 is 0 Å². The van der Waals surface area contributed by atoms with E-state index in [2.05, 4.69) is 6.92 Å². The predicted molar refractivity (Wildman–Crippen MR) is 106 cm³/mol. The Morgan fingerprint density at radius 1 is 1.04 bits per heavy atom. The molecule has 27 heavy (non-hydrogen) atoms. The van der Waals surface area contributed by atoms with Gasteiger partial charge in [0.1, 0.15) is 5.75 Å². The molecule has 0 saturated heterocycles. The molecule has 1 rings (SSSR count). The molecule has 0 heterocycles. The van der Waals surface area contributed by atoms with Crippen molar-refractivity contribution in [3.8, 4) is 5.75 Å². The van der Waals surface area contributed by atoms with Crippen LogP contribution in [0.3, 0.4) is 0 Å². The molecule has 0 saturated carbocycles. The zero-order valence-electron chi connectivity index (χ0n) is 16.9. The van der Waals surface area contributed by atoms with Crippen LogP contribution in [0.25, 0.3) is 0 Å². The summed E-state index contributed by atoms with van der Waals surface area (Å²) in [5, 5.41) is -2.17. The Kier molecular flexibility index (Phi) is 10.3. The van der Waals surface area contributed by atoms with E-state index in [-0.39, 0.29) is 6.61 Å². The molecule has 1 aromatic carbocycles. The van der Waals surface area contributed by atoms with Gasteiger partial charge in [-0.25, -0.2) is 0 Å². The maximum Gasteiger partial charge on any atom is 0.321 e. The lowest BCUT2D eigenvalue weighted by molar-refractivity contribution is -0.232. The molecule has 2 unspecified atom stereocenters. The molecule has 6 nitrogen and oxygen atoms in total. The van der Waals surface area contributed by atoms with Crippen molar-refractivity contribution in [2.24, 2.45) is 0 Å². The fourth-order valence-electron chi connectivity index (χ4n) is 2.79. The summed E-state index contributed by atoms with van der Waals surface area (Å²) >= 11 is 0. The van der Waals surface area contributed by atoms with Crippen molar-refractivity contribution in [1.29, 1.82) is 0 Å². The van der Waals surface area contributed by atoms with Crippen LogP contribution in [0.15, 0.2) is 24.3 Å². The zero-order chi connectivity index (χ0) is 20.3. The Labute approximate surface area is 164 Å². The van der Waals surface area contributed by atoms with Crippen molar-refractivity contribution in [1.82, 2.24) is 0 Å². The summed E-state index contributed by atoms with van der Waals surface area (Å²) < 4.78 is 48.3. The number of rotatable bonds is 14. The van der Waals surface area contributed by atoms with Gasteiger partial charge in [-0.2, -0.15) is 8.42 Å². The quantitative estimate of drug-likeness (QED) is 0.270. The van der Waals surface area contributed by atoms with Gasteiger partial charge >= 0.3 is 10.1 Å². The minimum Gasteiger partial charge on any atom is -0.465 e. The summed E-state index contributed by atoms with van der Waals surface area (Å²) in [7, 11) is -4.56. The molecule has 0 aromatic heterocycles. The molecule has 1 N–H and O–H groups in total. The minimum absolute atomic E-state index is 0.0656. The summed E-state index contributed by atoms with van der Waals surface area (Å²) in [6.45, 7) is 6.59. The SMILES string of the molecule is CCCCCCCCc1ccc(OC(C)OC(C)(OCC)S(=O)(=O)O)cc1. The van der Waals surface area contributed by atoms with Crippen molar-refractivity contribution in [2.45, 2.75) is 84.0 Å². The van der Waals surface area contributed by atoms with Gasteiger partial charge in [-0.3, -0.25) is 9.29 Å². The predicted octanol–water partition coefficient (Wildman–Crippen LogP) is 4.93. The highest BCUT2D eigenvalue weighted by molar-refractivity contribution is 7.86. The maximum atomic E-state index is 11.5. The first kappa shape index (κ1) is 23.9. The Morgan fingerprint density at radius 3 is 2.19 bits per heavy atom. The molecule has 2 atom stereocenters. The van der Waals surface area contributed by atoms with Gasteiger partial charge < -0.3 is 9.47 Å². The largest absolute Gasteiger partial charge is 0.465 e. The Balaban J connectivity index is 2.50. The van der Waals surface area contributed by atoms with E-state index < -0.39 is 21.5 Å². The molecule has 0 aliphatic rings. The molecule has 0 fully saturated rings. The van der Waals surface area contributed by atoms with Gasteiger partial charge in [-0.15, -0.1) is 0 Å². The molecule has 7 heteroatoms. The molecular formula is C20H34O6S. The fraction of sp³-hybridized carbons (Fsp3) is 0.700. The zero-order valence-corrected chi connectivity index (χ0v) is 17.8. The molecular weight excluding hydrogens is 368 g/mol. The van der Waals surface area contributed by atoms with Crippen molar-refractivity contribution < 1.29 is 27.2 Å². The monoisotopic (exact) mass is 402 g/mol. The van der Waals surface area contributed by atoms with Crippen molar-refractivity contribution in [3.05, 3.63) is 29.8 Å². The average molecular weight is 403 g/mol. The number of aryl methyl sites for hydroxylation is 1. The van der Waals surface area contributed by atoms with E-state index in [9.17, 15) is 13.0 Å². The summed E-state index contributed by atoms with van der Waals surface area (Å²) in [5.41, 5.74) is 1.24. The highest BCUT2D eigenvalue weighted by Gasteiger charge is 2.42. The van der Waals surface area contributed by atoms with Crippen molar-refractivity contribution >= 4 is 10.1 Å². The van der Waals surface area contributed by atoms with E-state index in [4.69, 9.17) is 14.2 Å². The van der Waals surface area contributed by atoms with Crippen LogP contribution in [0.4, 0.5) is 0 Å². The summed E-state index contributed by atoms with van der Waals surface area (Å²) in [4.78, 5) is 0. The van der Waals surface area contributed by atoms with Gasteiger partial charge in [0.05, 0.1) is 0 Å². The molecule has 0 bridgehead atoms. The molecule has 0 aliphatic heterocycles. The van der Waals surface area contributed by atoms with Crippen molar-refractivity contribution in [3.63, 3.8) is 0 Å². The first-order chi connectivity index (χ1) is 12.7. The highest BCUT2D eigenvalue weighted by Crippen LogP contribution is 2.24. The van der Waals surface area contributed by atoms with Crippen LogP contribution in [-0.4, -0.2) is 31.0 Å². The number of unbranched alkanes of at least 4 members (excludes halogenated alkanes) is 5. The number of benzene rings is 1. The lowest BCUT2D eigenvalue weighted by atomic mass is 10.0. The standard InChI is InChI=1S/C20H34O6S/c1-5-7-8-9-10-11-12-18-13-15-19(16-14-18)25-17(3)26-20(4,24-6-2)27(21,22)23/h13-17H,5-12H2,1-4H3,(H,21,22,23). The van der Waals surface area contributed by atoms with Crippen molar-refractivity contribution in [2.75, 3.05) is 6.61 Å². The lowest BCUT2D eigenvalue weighted by Gasteiger charge is -2.29. The summed E-state index contributed by atoms with van der Waals surface area (Å²) in [5.74, 6) is 0.559. The Bertz CT molecular complexity index is 628. The maximum absolute atomic E-state index is 11.5. The van der Waals surface area contributed by atoms with E-state index in [1.54, 1.807) is 13.8 Å². The van der Waals surface area contributed by atoms with E-state index in [0.29, 0.717) is 5.75 Å². The second-order valence-electron chi connectivity index (χ2n) is 6.74. The number of hydrogen-bond acceptors (Lipinski definition) is 5. The number of ether oxygens (including phenoxy) is 3. The van der Waals surface area contributed by atoms with Gasteiger partial charge in [-0.05, 0) is 44.4 Å². The second-order valence-corrected chi connectivity index (χ2v) is 8.43. The van der Waals surface area contributed by atoms with Crippen LogP contribution in [0.5, 0.6) is 5.75 Å². The van der Waals surface area contributed by atoms with Crippen LogP contribution in [-0.2, 0) is 26.0 Å². The smallest absolute Gasteiger partial charge is 0.321 e. The van der Waals surface area contributed by atoms with Crippen LogP contribution in [0.1, 0.15) is 71.8 Å². The van der Waals surface area contributed by atoms with E-state index in [1.807, 2.05) is 24.3 Å². The van der Waals surface area contributed by atoms with Gasteiger partial charge in [-0.1, -0.05) is 51.2 Å². The summed E-state index contributed by atoms with van der Waals surface area (Å²) in [6.07, 6.45) is 7.70. The van der Waals surface area contributed by atoms with Gasteiger partial charge in [0.2, 0.25) is 6.29 Å². The summed E-state index contributed by atoms with van der Waals surface area (Å²) in [6, 6.07) is 7.66. The van der Waals surface area contributed by atoms with Gasteiger partial charge in [0.15, 0.2) is 0 Å². The first-order valence-corrected chi connectivity index (χ1v) is 11.2. The third-order valence-electron chi connectivity index (χ3n) is 4.30. The topological polar surface area (TPSA) is 82.1 Å². The molecule has 0 amide bonds.